The van der Waals surface area contributed by atoms with E-state index >= 15 is 4.39 Å². The largest absolute Gasteiger partial charge is 0.464 e. The number of fused-ring (bicyclic) bond motifs is 6. The Balaban J connectivity index is 1.37. The zero-order chi connectivity index (χ0) is 40.9. The van der Waals surface area contributed by atoms with Crippen molar-refractivity contribution in [1.82, 2.24) is 20.2 Å². The number of anilines is 1. The molecule has 57 heavy (non-hydrogen) atoms. The Labute approximate surface area is 325 Å². The van der Waals surface area contributed by atoms with Gasteiger partial charge in [-0.3, -0.25) is 13.7 Å². The van der Waals surface area contributed by atoms with Crippen LogP contribution in [0.15, 0.2) is 77.2 Å². The number of carbonyl (C=O) groups is 3. The van der Waals surface area contributed by atoms with Gasteiger partial charge in [0.1, 0.15) is 47.1 Å². The zero-order valence-electron chi connectivity index (χ0n) is 31.5. The second-order valence-electron chi connectivity index (χ2n) is 13.7. The third kappa shape index (κ3) is 7.09. The highest BCUT2D eigenvalue weighted by Crippen LogP contribution is 2.45. The molecule has 3 aromatic carbocycles. The maximum absolute atomic E-state index is 15.3. The van der Waals surface area contributed by atoms with Crippen LogP contribution in [0.25, 0.3) is 55.8 Å². The van der Waals surface area contributed by atoms with Gasteiger partial charge < -0.3 is 29.3 Å². The SMILES string of the molecule is CNC(=O)c1c(-c2ccc(F)cc2)oc2cc(N(C)S(C)(=O)=O)c(-c3ccc4c(n3)-c3cc5c(F)cccc5n3C(COC(=O)C(NC(=O)OC)C(C)C)O4)cc12. The molecule has 14 nitrogen and oxygen atoms in total. The molecule has 0 fully saturated rings. The van der Waals surface area contributed by atoms with E-state index in [0.29, 0.717) is 22.2 Å². The van der Waals surface area contributed by atoms with E-state index in [-0.39, 0.29) is 63.2 Å². The molecule has 0 bridgehead atoms. The first kappa shape index (κ1) is 38.8. The standard InChI is InChI=1S/C40H37F2N5O9S/c1-20(2)35(45-40(50)53-5)39(49)54-19-33-47-28-9-7-8-26(42)23(28)17-30(47)36-31(55-33)15-14-27(44-36)24-16-25-32(18-29(24)46(4)57(6,51)52)56-37(34(25)38(48)43-3)21-10-12-22(41)13-11-21/h7-18,20,33,35H,19H2,1-6H3,(H,43,48)(H,45,50). The van der Waals surface area contributed by atoms with E-state index in [1.54, 1.807) is 48.7 Å². The first-order valence-corrected chi connectivity index (χ1v) is 19.5. The molecule has 0 saturated carbocycles. The van der Waals surface area contributed by atoms with Crippen LogP contribution in [0.1, 0.15) is 30.4 Å². The van der Waals surface area contributed by atoms with Crippen molar-refractivity contribution in [2.45, 2.75) is 26.1 Å². The molecule has 2 N–H and O–H groups in total. The number of amides is 2. The number of ether oxygens (including phenoxy) is 3. The lowest BCUT2D eigenvalue weighted by Crippen LogP contribution is -2.45. The van der Waals surface area contributed by atoms with Gasteiger partial charge in [0.2, 0.25) is 16.3 Å². The van der Waals surface area contributed by atoms with Crippen molar-refractivity contribution in [2.24, 2.45) is 5.92 Å². The molecular weight excluding hydrogens is 765 g/mol. The van der Waals surface area contributed by atoms with Crippen LogP contribution >= 0.6 is 0 Å². The first-order valence-electron chi connectivity index (χ1n) is 17.6. The van der Waals surface area contributed by atoms with Crippen LogP contribution in [0, 0.1) is 17.6 Å². The summed E-state index contributed by atoms with van der Waals surface area (Å²) < 4.78 is 80.8. The summed E-state index contributed by atoms with van der Waals surface area (Å²) in [5.74, 6) is -2.21. The van der Waals surface area contributed by atoms with E-state index in [0.717, 1.165) is 10.6 Å². The fraction of sp³-hybridized carbons (Fsp3) is 0.250. The number of pyridine rings is 1. The van der Waals surface area contributed by atoms with Crippen molar-refractivity contribution in [1.29, 1.82) is 0 Å². The molecule has 0 radical (unpaired) electrons. The normalized spacial score (nSPS) is 14.1. The fourth-order valence-electron chi connectivity index (χ4n) is 6.75. The Bertz CT molecular complexity index is 2690. The lowest BCUT2D eigenvalue weighted by atomic mass is 10.0. The number of hydrogen-bond acceptors (Lipinski definition) is 10. The summed E-state index contributed by atoms with van der Waals surface area (Å²) in [6.07, 6.45) is -0.768. The maximum Gasteiger partial charge on any atom is 0.407 e. The van der Waals surface area contributed by atoms with E-state index in [2.05, 4.69) is 15.4 Å². The number of esters is 1. The number of halogens is 2. The van der Waals surface area contributed by atoms with Crippen molar-refractivity contribution < 1.29 is 50.2 Å². The second kappa shape index (κ2) is 14.9. The molecule has 0 saturated heterocycles. The minimum atomic E-state index is -3.86. The molecule has 0 aliphatic carbocycles. The van der Waals surface area contributed by atoms with Gasteiger partial charge in [0.05, 0.1) is 41.5 Å². The molecule has 17 heteroatoms. The van der Waals surface area contributed by atoms with Gasteiger partial charge in [0.15, 0.2) is 0 Å². The van der Waals surface area contributed by atoms with Crippen LogP contribution in [0.5, 0.6) is 5.75 Å². The van der Waals surface area contributed by atoms with Crippen LogP contribution in [-0.2, 0) is 24.3 Å². The Morgan fingerprint density at radius 3 is 2.42 bits per heavy atom. The van der Waals surface area contributed by atoms with Gasteiger partial charge >= 0.3 is 12.1 Å². The van der Waals surface area contributed by atoms with E-state index < -0.39 is 51.9 Å². The highest BCUT2D eigenvalue weighted by atomic mass is 32.2. The smallest absolute Gasteiger partial charge is 0.407 e. The molecule has 1 aliphatic heterocycles. The van der Waals surface area contributed by atoms with Gasteiger partial charge in [-0.15, -0.1) is 0 Å². The van der Waals surface area contributed by atoms with Crippen molar-refractivity contribution in [3.05, 3.63) is 90.0 Å². The summed E-state index contributed by atoms with van der Waals surface area (Å²) in [5, 5.41) is 5.65. The minimum Gasteiger partial charge on any atom is -0.464 e. The quantitative estimate of drug-likeness (QED) is 0.143. The van der Waals surface area contributed by atoms with Crippen molar-refractivity contribution in [3.63, 3.8) is 0 Å². The summed E-state index contributed by atoms with van der Waals surface area (Å²) in [7, 11) is 0.127. The second-order valence-corrected chi connectivity index (χ2v) is 15.7. The van der Waals surface area contributed by atoms with Crippen molar-refractivity contribution >= 4 is 55.6 Å². The molecule has 4 heterocycles. The predicted molar refractivity (Wildman–Crippen MR) is 207 cm³/mol. The molecule has 6 aromatic rings. The minimum absolute atomic E-state index is 0.129. The number of nitrogens with one attached hydrogen (secondary N) is 2. The zero-order valence-corrected chi connectivity index (χ0v) is 32.4. The van der Waals surface area contributed by atoms with Gasteiger partial charge in [0.25, 0.3) is 5.91 Å². The Kier molecular flexibility index (Phi) is 10.1. The maximum atomic E-state index is 15.3. The number of benzene rings is 3. The summed E-state index contributed by atoms with van der Waals surface area (Å²) in [4.78, 5) is 43.5. The number of methoxy groups -OCH3 is 1. The molecule has 1 aliphatic rings. The number of rotatable bonds is 10. The molecule has 2 atom stereocenters. The van der Waals surface area contributed by atoms with E-state index in [1.165, 1.54) is 63.7 Å². The van der Waals surface area contributed by atoms with Crippen molar-refractivity contribution in [2.75, 3.05) is 38.4 Å². The van der Waals surface area contributed by atoms with Crippen LogP contribution in [0.2, 0.25) is 0 Å². The fourth-order valence-corrected chi connectivity index (χ4v) is 7.26. The monoisotopic (exact) mass is 801 g/mol. The highest BCUT2D eigenvalue weighted by Gasteiger charge is 2.34. The first-order chi connectivity index (χ1) is 27.1. The van der Waals surface area contributed by atoms with Crippen LogP contribution < -0.4 is 19.7 Å². The summed E-state index contributed by atoms with van der Waals surface area (Å²) in [6.45, 7) is 3.12. The van der Waals surface area contributed by atoms with Gasteiger partial charge in [-0.1, -0.05) is 19.9 Å². The molecule has 2 amide bonds. The molecule has 7 rings (SSSR count). The summed E-state index contributed by atoms with van der Waals surface area (Å²) >= 11 is 0. The number of hydrogen-bond donors (Lipinski definition) is 2. The molecule has 0 spiro atoms. The lowest BCUT2D eigenvalue weighted by molar-refractivity contribution is -0.151. The molecular formula is C40H37F2N5O9S. The Morgan fingerprint density at radius 2 is 1.75 bits per heavy atom. The summed E-state index contributed by atoms with van der Waals surface area (Å²) in [5.41, 5.74) is 2.51. The number of aromatic nitrogens is 2. The Hall–Kier alpha value is -6.49. The van der Waals surface area contributed by atoms with E-state index in [1.807, 2.05) is 0 Å². The van der Waals surface area contributed by atoms with E-state index in [4.69, 9.17) is 18.9 Å². The molecule has 296 valence electrons. The number of nitrogens with zero attached hydrogens (tertiary/aromatic N) is 3. The average molecular weight is 802 g/mol. The van der Waals surface area contributed by atoms with E-state index in [9.17, 15) is 27.2 Å². The average Bonchev–Trinajstić information content (AvgIpc) is 3.77. The predicted octanol–water partition coefficient (Wildman–Crippen LogP) is 6.63. The third-order valence-electron chi connectivity index (χ3n) is 9.71. The number of carbonyl (C=O) groups excluding carboxylic acids is 3. The Morgan fingerprint density at radius 1 is 1.02 bits per heavy atom. The number of furan rings is 1. The third-order valence-corrected chi connectivity index (χ3v) is 10.9. The van der Waals surface area contributed by atoms with Crippen molar-refractivity contribution in [3.8, 4) is 39.7 Å². The summed E-state index contributed by atoms with van der Waals surface area (Å²) in [6, 6.07) is 16.7. The lowest BCUT2D eigenvalue weighted by Gasteiger charge is -2.30. The molecule has 3 aromatic heterocycles. The topological polar surface area (TPSA) is 171 Å². The van der Waals surface area contributed by atoms with Gasteiger partial charge in [0, 0.05) is 42.1 Å². The van der Waals surface area contributed by atoms with Gasteiger partial charge in [-0.2, -0.15) is 0 Å². The van der Waals surface area contributed by atoms with Gasteiger partial charge in [-0.25, -0.2) is 31.8 Å². The number of sulfonamides is 1. The van der Waals surface area contributed by atoms with Crippen LogP contribution in [-0.4, -0.2) is 76.0 Å². The van der Waals surface area contributed by atoms with Gasteiger partial charge in [-0.05, 0) is 66.6 Å². The van der Waals surface area contributed by atoms with Crippen LogP contribution in [0.3, 0.4) is 0 Å². The highest BCUT2D eigenvalue weighted by molar-refractivity contribution is 7.92. The van der Waals surface area contributed by atoms with Crippen LogP contribution in [0.4, 0.5) is 19.3 Å². The number of alkyl carbamates (subject to hydrolysis) is 1. The molecule has 2 unspecified atom stereocenters.